The molecule has 25 heavy (non-hydrogen) atoms. The number of aryl methyl sites for hydroxylation is 2. The van der Waals surface area contributed by atoms with Crippen LogP contribution in [0.4, 0.5) is 0 Å². The van der Waals surface area contributed by atoms with Crippen LogP contribution in [0.2, 0.25) is 0 Å². The van der Waals surface area contributed by atoms with E-state index in [1.807, 2.05) is 30.3 Å². The first-order valence-electron chi connectivity index (χ1n) is 7.99. The molecule has 0 radical (unpaired) electrons. The summed E-state index contributed by atoms with van der Waals surface area (Å²) in [5.41, 5.74) is 4.52. The fourth-order valence-corrected chi connectivity index (χ4v) is 3.55. The highest BCUT2D eigenvalue weighted by Crippen LogP contribution is 2.19. The molecule has 2 aromatic heterocycles. The number of nitrogens with zero attached hydrogens (tertiary/aromatic N) is 4. The lowest BCUT2D eigenvalue weighted by Gasteiger charge is -2.02. The molecule has 0 spiro atoms. The Balaban J connectivity index is 1.74. The fourth-order valence-electron chi connectivity index (χ4n) is 2.69. The molecule has 0 saturated carbocycles. The highest BCUT2D eigenvalue weighted by Gasteiger charge is 2.13. The Labute approximate surface area is 148 Å². The maximum absolute atomic E-state index is 12.7. The molecule has 2 aromatic carbocycles. The number of fused-ring (bicyclic) bond motifs is 1. The molecule has 0 unspecified atom stereocenters. The highest BCUT2D eigenvalue weighted by molar-refractivity contribution is 7.16. The highest BCUT2D eigenvalue weighted by atomic mass is 32.1. The second-order valence-electron chi connectivity index (χ2n) is 6.01. The third-order valence-electron chi connectivity index (χ3n) is 4.21. The minimum atomic E-state index is -0.237. The quantitative estimate of drug-likeness (QED) is 0.569. The van der Waals surface area contributed by atoms with Gasteiger partial charge in [0.1, 0.15) is 5.01 Å². The van der Waals surface area contributed by atoms with Crippen molar-refractivity contribution >= 4 is 16.3 Å². The van der Waals surface area contributed by atoms with Crippen molar-refractivity contribution in [1.29, 1.82) is 0 Å². The summed E-state index contributed by atoms with van der Waals surface area (Å²) in [6, 6.07) is 15.7. The Bertz CT molecular complexity index is 1120. The summed E-state index contributed by atoms with van der Waals surface area (Å²) in [6.45, 7) is 4.19. The minimum absolute atomic E-state index is 0.237. The van der Waals surface area contributed by atoms with Crippen molar-refractivity contribution in [2.75, 3.05) is 0 Å². The molecule has 2 heterocycles. The van der Waals surface area contributed by atoms with E-state index in [2.05, 4.69) is 47.3 Å². The largest absolute Gasteiger partial charge is 0.302 e. The zero-order valence-corrected chi connectivity index (χ0v) is 14.7. The van der Waals surface area contributed by atoms with Crippen LogP contribution in [-0.4, -0.2) is 19.8 Å². The Hall–Kier alpha value is -2.86. The normalized spacial score (nSPS) is 11.1. The number of hydrogen-bond donors (Lipinski definition) is 0. The molecule has 0 saturated heterocycles. The third-order valence-corrected chi connectivity index (χ3v) is 5.10. The van der Waals surface area contributed by atoms with E-state index in [-0.39, 0.29) is 5.56 Å². The van der Waals surface area contributed by atoms with Crippen LogP contribution < -0.4 is 5.56 Å². The van der Waals surface area contributed by atoms with Crippen molar-refractivity contribution in [3.8, 4) is 11.3 Å². The summed E-state index contributed by atoms with van der Waals surface area (Å²) < 4.78 is 1.36. The molecule has 0 atom stereocenters. The maximum Gasteiger partial charge on any atom is 0.302 e. The zero-order valence-electron chi connectivity index (χ0n) is 13.9. The summed E-state index contributed by atoms with van der Waals surface area (Å²) in [7, 11) is 0. The average Bonchev–Trinajstić information content (AvgIpc) is 3.03. The number of rotatable bonds is 3. The van der Waals surface area contributed by atoms with Gasteiger partial charge in [-0.05, 0) is 30.5 Å². The first-order chi connectivity index (χ1) is 12.1. The van der Waals surface area contributed by atoms with E-state index in [0.29, 0.717) is 17.1 Å². The lowest BCUT2D eigenvalue weighted by molar-refractivity contribution is 0.836. The SMILES string of the molecule is Cc1ccc(Cc2nn3c(=O)c(-c4ccccc4)nnc3s2)cc1C. The number of benzene rings is 2. The molecular formula is C19H16N4OS. The van der Waals surface area contributed by atoms with E-state index < -0.39 is 0 Å². The minimum Gasteiger partial charge on any atom is -0.265 e. The van der Waals surface area contributed by atoms with Gasteiger partial charge < -0.3 is 0 Å². The van der Waals surface area contributed by atoms with E-state index in [9.17, 15) is 4.79 Å². The molecular weight excluding hydrogens is 332 g/mol. The van der Waals surface area contributed by atoms with Crippen LogP contribution >= 0.6 is 11.3 Å². The molecule has 0 aliphatic carbocycles. The lowest BCUT2D eigenvalue weighted by Crippen LogP contribution is -2.19. The molecule has 6 heteroatoms. The van der Waals surface area contributed by atoms with Gasteiger partial charge in [0.2, 0.25) is 4.96 Å². The van der Waals surface area contributed by atoms with Crippen LogP contribution in [0.15, 0.2) is 53.3 Å². The third kappa shape index (κ3) is 2.96. The Morgan fingerprint density at radius 3 is 2.56 bits per heavy atom. The topological polar surface area (TPSA) is 60.2 Å². The first-order valence-corrected chi connectivity index (χ1v) is 8.80. The standard InChI is InChI=1S/C19H16N4OS/c1-12-8-9-14(10-13(12)2)11-16-22-23-18(24)17(20-21-19(23)25-16)15-6-4-3-5-7-15/h3-10H,11H2,1-2H3. The van der Waals surface area contributed by atoms with Gasteiger partial charge in [-0.15, -0.1) is 10.2 Å². The van der Waals surface area contributed by atoms with Gasteiger partial charge in [0.25, 0.3) is 0 Å². The lowest BCUT2D eigenvalue weighted by atomic mass is 10.0. The molecule has 0 aliphatic heterocycles. The molecule has 0 fully saturated rings. The van der Waals surface area contributed by atoms with Crippen molar-refractivity contribution < 1.29 is 0 Å². The van der Waals surface area contributed by atoms with Crippen LogP contribution in [0.5, 0.6) is 0 Å². The maximum atomic E-state index is 12.7. The number of aromatic nitrogens is 4. The molecule has 0 bridgehead atoms. The van der Waals surface area contributed by atoms with Gasteiger partial charge in [-0.1, -0.05) is 59.9 Å². The van der Waals surface area contributed by atoms with E-state index in [0.717, 1.165) is 10.6 Å². The van der Waals surface area contributed by atoms with Gasteiger partial charge in [-0.3, -0.25) is 4.79 Å². The van der Waals surface area contributed by atoms with Crippen molar-refractivity contribution in [3.63, 3.8) is 0 Å². The molecule has 5 nitrogen and oxygen atoms in total. The van der Waals surface area contributed by atoms with Gasteiger partial charge in [-0.2, -0.15) is 9.61 Å². The van der Waals surface area contributed by atoms with E-state index in [4.69, 9.17) is 0 Å². The van der Waals surface area contributed by atoms with Crippen LogP contribution in [0, 0.1) is 13.8 Å². The van der Waals surface area contributed by atoms with Crippen LogP contribution in [0.25, 0.3) is 16.2 Å². The number of hydrogen-bond acceptors (Lipinski definition) is 5. The smallest absolute Gasteiger partial charge is 0.265 e. The summed E-state index contributed by atoms with van der Waals surface area (Å²) in [4.78, 5) is 13.2. The van der Waals surface area contributed by atoms with E-state index in [1.165, 1.54) is 32.5 Å². The Morgan fingerprint density at radius 2 is 1.80 bits per heavy atom. The van der Waals surface area contributed by atoms with E-state index in [1.54, 1.807) is 0 Å². The second-order valence-corrected chi connectivity index (χ2v) is 7.05. The van der Waals surface area contributed by atoms with Crippen molar-refractivity contribution in [2.24, 2.45) is 0 Å². The van der Waals surface area contributed by atoms with Crippen LogP contribution in [0.1, 0.15) is 21.7 Å². The van der Waals surface area contributed by atoms with Gasteiger partial charge in [0.15, 0.2) is 5.69 Å². The zero-order chi connectivity index (χ0) is 17.4. The average molecular weight is 348 g/mol. The van der Waals surface area contributed by atoms with Gasteiger partial charge in [0.05, 0.1) is 0 Å². The predicted octanol–water partition coefficient (Wildman–Crippen LogP) is 3.42. The monoisotopic (exact) mass is 348 g/mol. The summed E-state index contributed by atoms with van der Waals surface area (Å²) >= 11 is 1.40. The van der Waals surface area contributed by atoms with Crippen molar-refractivity contribution in [2.45, 2.75) is 20.3 Å². The van der Waals surface area contributed by atoms with Gasteiger partial charge in [0, 0.05) is 12.0 Å². The molecule has 0 aliphatic rings. The summed E-state index contributed by atoms with van der Waals surface area (Å²) in [5, 5.41) is 13.6. The van der Waals surface area contributed by atoms with Gasteiger partial charge in [-0.25, -0.2) is 0 Å². The predicted molar refractivity (Wildman–Crippen MR) is 99.1 cm³/mol. The van der Waals surface area contributed by atoms with Crippen LogP contribution in [-0.2, 0) is 6.42 Å². The summed E-state index contributed by atoms with van der Waals surface area (Å²) in [6.07, 6.45) is 0.676. The Kier molecular flexibility index (Phi) is 3.89. The van der Waals surface area contributed by atoms with Crippen LogP contribution in [0.3, 0.4) is 0 Å². The van der Waals surface area contributed by atoms with Gasteiger partial charge >= 0.3 is 5.56 Å². The molecule has 4 aromatic rings. The van der Waals surface area contributed by atoms with Crippen molar-refractivity contribution in [1.82, 2.24) is 19.8 Å². The molecule has 124 valence electrons. The summed E-state index contributed by atoms with van der Waals surface area (Å²) in [5.74, 6) is 0. The molecule has 4 rings (SSSR count). The van der Waals surface area contributed by atoms with Crippen molar-refractivity contribution in [3.05, 3.63) is 80.6 Å². The first kappa shape index (κ1) is 15.7. The molecule has 0 amide bonds. The molecule has 0 N–H and O–H groups in total. The fraction of sp³-hybridized carbons (Fsp3) is 0.158. The Morgan fingerprint density at radius 1 is 1.00 bits per heavy atom. The van der Waals surface area contributed by atoms with E-state index >= 15 is 0 Å². The second kappa shape index (κ2) is 6.22.